The fourth-order valence-corrected chi connectivity index (χ4v) is 3.14. The number of carbonyl (C=O) groups is 1. The van der Waals surface area contributed by atoms with E-state index in [0.29, 0.717) is 11.3 Å². The molecule has 0 bridgehead atoms. The first-order chi connectivity index (χ1) is 12.3. The molecule has 3 aromatic rings. The van der Waals surface area contributed by atoms with Gasteiger partial charge in [-0.1, -0.05) is 24.3 Å². The normalized spacial score (nSPS) is 13.8. The van der Waals surface area contributed by atoms with Crippen LogP contribution in [0, 0.1) is 0 Å². The third kappa shape index (κ3) is 3.08. The summed E-state index contributed by atoms with van der Waals surface area (Å²) in [7, 11) is 0. The maximum Gasteiger partial charge on any atom is 0.257 e. The van der Waals surface area contributed by atoms with Crippen molar-refractivity contribution in [2.45, 2.75) is 12.8 Å². The molecule has 4 rings (SSSR count). The van der Waals surface area contributed by atoms with Gasteiger partial charge in [-0.25, -0.2) is 0 Å². The second-order valence-electron chi connectivity index (χ2n) is 5.94. The lowest BCUT2D eigenvalue weighted by atomic mass is 10.1. The van der Waals surface area contributed by atoms with E-state index >= 15 is 0 Å². The van der Waals surface area contributed by atoms with E-state index < -0.39 is 0 Å². The average Bonchev–Trinajstić information content (AvgIpc) is 3.36. The van der Waals surface area contributed by atoms with Crippen molar-refractivity contribution in [2.75, 3.05) is 23.3 Å². The molecule has 25 heavy (non-hydrogen) atoms. The molecule has 126 valence electrons. The summed E-state index contributed by atoms with van der Waals surface area (Å²) in [6.07, 6.45) is 3.85. The van der Waals surface area contributed by atoms with Crippen molar-refractivity contribution in [3.8, 4) is 5.69 Å². The molecule has 1 aliphatic heterocycles. The fourth-order valence-electron chi connectivity index (χ4n) is 3.14. The maximum absolute atomic E-state index is 12.9. The molecule has 0 unspecified atom stereocenters. The Morgan fingerprint density at radius 2 is 1.68 bits per heavy atom. The number of rotatable bonds is 4. The minimum atomic E-state index is -0.183. The summed E-state index contributed by atoms with van der Waals surface area (Å²) < 4.78 is 1.49. The summed E-state index contributed by atoms with van der Waals surface area (Å²) in [6, 6.07) is 15.2. The highest BCUT2D eigenvalue weighted by atomic mass is 16.1. The van der Waals surface area contributed by atoms with Crippen LogP contribution in [0.2, 0.25) is 0 Å². The van der Waals surface area contributed by atoms with E-state index in [2.05, 4.69) is 25.7 Å². The van der Waals surface area contributed by atoms with E-state index in [1.54, 1.807) is 6.07 Å². The first-order valence-corrected chi connectivity index (χ1v) is 8.30. The fraction of sp³-hybridized carbons (Fsp3) is 0.222. The molecule has 0 aliphatic carbocycles. The highest BCUT2D eigenvalue weighted by Gasteiger charge is 2.18. The van der Waals surface area contributed by atoms with Gasteiger partial charge in [-0.05, 0) is 47.5 Å². The predicted octanol–water partition coefficient (Wildman–Crippen LogP) is 2.51. The number of carbonyl (C=O) groups excluding carboxylic acids is 1. The maximum atomic E-state index is 12.9. The number of benzene rings is 2. The zero-order chi connectivity index (χ0) is 17.1. The van der Waals surface area contributed by atoms with Crippen LogP contribution in [0.4, 0.5) is 11.4 Å². The molecule has 7 heteroatoms. The van der Waals surface area contributed by atoms with Crippen molar-refractivity contribution in [2.24, 2.45) is 0 Å². The van der Waals surface area contributed by atoms with Gasteiger partial charge in [0.05, 0.1) is 22.6 Å². The van der Waals surface area contributed by atoms with Gasteiger partial charge in [-0.3, -0.25) is 4.79 Å². The molecule has 1 aliphatic rings. The van der Waals surface area contributed by atoms with Gasteiger partial charge in [0.1, 0.15) is 6.33 Å². The molecule has 7 nitrogen and oxygen atoms in total. The molecule has 1 N–H and O–H groups in total. The molecule has 1 saturated heterocycles. The van der Waals surface area contributed by atoms with Crippen molar-refractivity contribution < 1.29 is 4.79 Å². The van der Waals surface area contributed by atoms with E-state index in [0.717, 1.165) is 24.5 Å². The van der Waals surface area contributed by atoms with Crippen LogP contribution in [0.1, 0.15) is 23.2 Å². The lowest BCUT2D eigenvalue weighted by molar-refractivity contribution is 0.102. The van der Waals surface area contributed by atoms with E-state index in [-0.39, 0.29) is 5.91 Å². The van der Waals surface area contributed by atoms with Gasteiger partial charge < -0.3 is 10.2 Å². The Balaban J connectivity index is 1.64. The van der Waals surface area contributed by atoms with Crippen molar-refractivity contribution in [1.29, 1.82) is 0 Å². The SMILES string of the molecule is O=C(Nc1ccccc1N1CCCC1)c1ccccc1-n1cnnn1. The van der Waals surface area contributed by atoms with Gasteiger partial charge in [-0.2, -0.15) is 4.68 Å². The molecular formula is C18H18N6O. The summed E-state index contributed by atoms with van der Waals surface area (Å²) in [4.78, 5) is 15.2. The Bertz CT molecular complexity index is 871. The zero-order valence-corrected chi connectivity index (χ0v) is 13.7. The molecule has 0 radical (unpaired) electrons. The minimum Gasteiger partial charge on any atom is -0.370 e. The summed E-state index contributed by atoms with van der Waals surface area (Å²) in [5.74, 6) is -0.183. The molecular weight excluding hydrogens is 316 g/mol. The Kier molecular flexibility index (Phi) is 4.12. The molecule has 0 saturated carbocycles. The van der Waals surface area contributed by atoms with Crippen molar-refractivity contribution in [1.82, 2.24) is 20.2 Å². The third-order valence-corrected chi connectivity index (χ3v) is 4.34. The van der Waals surface area contributed by atoms with Gasteiger partial charge in [0.15, 0.2) is 0 Å². The summed E-state index contributed by atoms with van der Waals surface area (Å²) in [5.41, 5.74) is 3.05. The van der Waals surface area contributed by atoms with Crippen molar-refractivity contribution in [3.05, 3.63) is 60.4 Å². The van der Waals surface area contributed by atoms with Crippen LogP contribution >= 0.6 is 0 Å². The van der Waals surface area contributed by atoms with E-state index in [1.807, 2.05) is 42.5 Å². The van der Waals surface area contributed by atoms with E-state index in [9.17, 15) is 4.79 Å². The number of para-hydroxylation sites is 3. The first kappa shape index (κ1) is 15.3. The largest absolute Gasteiger partial charge is 0.370 e. The van der Waals surface area contributed by atoms with Crippen molar-refractivity contribution in [3.63, 3.8) is 0 Å². The average molecular weight is 334 g/mol. The van der Waals surface area contributed by atoms with Gasteiger partial charge in [-0.15, -0.1) is 5.10 Å². The van der Waals surface area contributed by atoms with Gasteiger partial charge in [0.2, 0.25) is 0 Å². The number of hydrogen-bond acceptors (Lipinski definition) is 5. The predicted molar refractivity (Wildman–Crippen MR) is 95.0 cm³/mol. The van der Waals surface area contributed by atoms with Crippen LogP contribution in [0.15, 0.2) is 54.9 Å². The van der Waals surface area contributed by atoms with Crippen molar-refractivity contribution >= 4 is 17.3 Å². The molecule has 0 atom stereocenters. The number of tetrazole rings is 1. The van der Waals surface area contributed by atoms with Gasteiger partial charge in [0, 0.05) is 13.1 Å². The highest BCUT2D eigenvalue weighted by Crippen LogP contribution is 2.29. The lowest BCUT2D eigenvalue weighted by Crippen LogP contribution is -2.21. The van der Waals surface area contributed by atoms with Gasteiger partial charge in [0.25, 0.3) is 5.91 Å². The lowest BCUT2D eigenvalue weighted by Gasteiger charge is -2.21. The second-order valence-corrected chi connectivity index (χ2v) is 5.94. The topological polar surface area (TPSA) is 75.9 Å². The monoisotopic (exact) mass is 334 g/mol. The van der Waals surface area contributed by atoms with Crippen LogP contribution in [-0.2, 0) is 0 Å². The van der Waals surface area contributed by atoms with Crippen LogP contribution < -0.4 is 10.2 Å². The van der Waals surface area contributed by atoms with Crippen LogP contribution in [0.25, 0.3) is 5.69 Å². The Morgan fingerprint density at radius 1 is 0.960 bits per heavy atom. The zero-order valence-electron chi connectivity index (χ0n) is 13.7. The number of nitrogens with one attached hydrogen (secondary N) is 1. The highest BCUT2D eigenvalue weighted by molar-refractivity contribution is 6.08. The van der Waals surface area contributed by atoms with E-state index in [1.165, 1.54) is 23.9 Å². The Hall–Kier alpha value is -3.22. The molecule has 1 amide bonds. The molecule has 0 spiro atoms. The first-order valence-electron chi connectivity index (χ1n) is 8.30. The number of aromatic nitrogens is 4. The summed E-state index contributed by atoms with van der Waals surface area (Å²) >= 11 is 0. The van der Waals surface area contributed by atoms with Crippen LogP contribution in [-0.4, -0.2) is 39.2 Å². The quantitative estimate of drug-likeness (QED) is 0.793. The minimum absolute atomic E-state index is 0.183. The molecule has 1 aromatic heterocycles. The van der Waals surface area contributed by atoms with Gasteiger partial charge >= 0.3 is 0 Å². The number of hydrogen-bond donors (Lipinski definition) is 1. The second kappa shape index (κ2) is 6.72. The Labute approximate surface area is 145 Å². The Morgan fingerprint density at radius 3 is 2.44 bits per heavy atom. The summed E-state index contributed by atoms with van der Waals surface area (Å²) in [5, 5.41) is 14.2. The smallest absolute Gasteiger partial charge is 0.257 e. The molecule has 2 heterocycles. The van der Waals surface area contributed by atoms with Crippen LogP contribution in [0.3, 0.4) is 0 Å². The number of anilines is 2. The number of amides is 1. The van der Waals surface area contributed by atoms with E-state index in [4.69, 9.17) is 0 Å². The van der Waals surface area contributed by atoms with Crippen LogP contribution in [0.5, 0.6) is 0 Å². The third-order valence-electron chi connectivity index (χ3n) is 4.34. The summed E-state index contributed by atoms with van der Waals surface area (Å²) in [6.45, 7) is 2.04. The number of nitrogens with zero attached hydrogens (tertiary/aromatic N) is 5. The molecule has 2 aromatic carbocycles. The standard InChI is InChI=1S/C18H18N6O/c25-18(14-7-1-3-9-16(14)24-13-19-21-22-24)20-15-8-2-4-10-17(15)23-11-5-6-12-23/h1-4,7-10,13H,5-6,11-12H2,(H,20,25). The molecule has 1 fully saturated rings.